The fourth-order valence-electron chi connectivity index (χ4n) is 2.15. The Hall–Kier alpha value is -2.89. The monoisotopic (exact) mass is 403 g/mol. The van der Waals surface area contributed by atoms with Gasteiger partial charge in [0.05, 0.1) is 11.9 Å². The largest absolute Gasteiger partial charge is 0.462 e. The molecule has 0 aliphatic rings. The molecule has 3 rings (SSSR count). The first-order valence-electron chi connectivity index (χ1n) is 7.81. The van der Waals surface area contributed by atoms with E-state index in [1.54, 1.807) is 0 Å². The summed E-state index contributed by atoms with van der Waals surface area (Å²) < 4.78 is 76.3. The van der Waals surface area contributed by atoms with E-state index in [9.17, 15) is 22.0 Å². The molecule has 150 valence electrons. The van der Waals surface area contributed by atoms with Gasteiger partial charge in [0.2, 0.25) is 11.7 Å². The molecular weight excluding hydrogens is 389 g/mol. The molecule has 0 atom stereocenters. The zero-order chi connectivity index (χ0) is 20.7. The van der Waals surface area contributed by atoms with Crippen molar-refractivity contribution < 1.29 is 31.4 Å². The van der Waals surface area contributed by atoms with Crippen molar-refractivity contribution in [2.45, 2.75) is 31.7 Å². The predicted molar refractivity (Wildman–Crippen MR) is 85.7 cm³/mol. The number of nitrogens with zero attached hydrogens (tertiary/aromatic N) is 5. The molecule has 28 heavy (non-hydrogen) atoms. The lowest BCUT2D eigenvalue weighted by atomic mass is 10.1. The van der Waals surface area contributed by atoms with Gasteiger partial charge < -0.3 is 9.47 Å². The van der Waals surface area contributed by atoms with E-state index < -0.39 is 23.7 Å². The Morgan fingerprint density at radius 3 is 2.25 bits per heavy atom. The highest BCUT2D eigenvalue weighted by molar-refractivity contribution is 5.59. The van der Waals surface area contributed by atoms with Crippen LogP contribution < -0.4 is 4.74 Å². The molecule has 0 aliphatic heterocycles. The van der Waals surface area contributed by atoms with Crippen LogP contribution in [0.4, 0.5) is 22.0 Å². The summed E-state index contributed by atoms with van der Waals surface area (Å²) in [5.41, 5.74) is -1.79. The van der Waals surface area contributed by atoms with E-state index in [4.69, 9.17) is 4.74 Å². The van der Waals surface area contributed by atoms with E-state index in [0.717, 1.165) is 25.4 Å². The topological polar surface area (TPSA) is 74.4 Å². The van der Waals surface area contributed by atoms with Crippen LogP contribution >= 0.6 is 0 Å². The van der Waals surface area contributed by atoms with Crippen LogP contribution in [-0.2, 0) is 10.8 Å². The van der Waals surface area contributed by atoms with Crippen LogP contribution in [0.5, 0.6) is 5.88 Å². The minimum Gasteiger partial charge on any atom is -0.462 e. The molecule has 3 aromatic rings. The van der Waals surface area contributed by atoms with Gasteiger partial charge in [-0.1, -0.05) is 0 Å². The summed E-state index contributed by atoms with van der Waals surface area (Å²) in [6, 6.07) is 2.63. The van der Waals surface area contributed by atoms with Crippen molar-refractivity contribution in [3.8, 4) is 17.1 Å². The lowest BCUT2D eigenvalue weighted by Crippen LogP contribution is -2.44. The number of halogens is 5. The number of rotatable bonds is 5. The normalized spacial score (nSPS) is 13.1. The average molecular weight is 403 g/mol. The molecule has 0 aliphatic carbocycles. The summed E-state index contributed by atoms with van der Waals surface area (Å²) in [6.07, 6.45) is -4.58. The Bertz CT molecular complexity index is 985. The molecule has 12 heteroatoms. The molecule has 0 saturated carbocycles. The van der Waals surface area contributed by atoms with Gasteiger partial charge in [-0.05, 0) is 19.9 Å². The van der Waals surface area contributed by atoms with Crippen LogP contribution in [0.1, 0.15) is 19.7 Å². The number of pyridine rings is 1. The number of aromatic nitrogens is 5. The summed E-state index contributed by atoms with van der Waals surface area (Å²) in [5, 5.41) is 7.00. The quantitative estimate of drug-likeness (QED) is 0.606. The predicted octanol–water partition coefficient (Wildman–Crippen LogP) is 3.60. The second kappa shape index (κ2) is 6.62. The third kappa shape index (κ3) is 3.59. The summed E-state index contributed by atoms with van der Waals surface area (Å²) in [7, 11) is 0.828. The Kier molecular flexibility index (Phi) is 4.69. The molecular formula is C16H14F5N5O2. The van der Waals surface area contributed by atoms with Gasteiger partial charge in [-0.3, -0.25) is 9.38 Å². The second-order valence-corrected chi connectivity index (χ2v) is 6.24. The van der Waals surface area contributed by atoms with Crippen LogP contribution in [0, 0.1) is 0 Å². The molecule has 0 fully saturated rings. The molecule has 0 aromatic carbocycles. The van der Waals surface area contributed by atoms with Crippen molar-refractivity contribution in [1.82, 2.24) is 24.6 Å². The van der Waals surface area contributed by atoms with Crippen molar-refractivity contribution in [3.63, 3.8) is 0 Å². The molecule has 0 spiro atoms. The van der Waals surface area contributed by atoms with E-state index >= 15 is 0 Å². The maximum absolute atomic E-state index is 13.8. The van der Waals surface area contributed by atoms with Crippen molar-refractivity contribution in [3.05, 3.63) is 36.5 Å². The SMILES string of the molecule is COC(F)(F)c1nnc2cnc(-c3ccc(OC(C)(C)C(F)(F)F)nc3)cn12. The summed E-state index contributed by atoms with van der Waals surface area (Å²) in [6.45, 7) is 1.75. The molecule has 3 heterocycles. The third-order valence-electron chi connectivity index (χ3n) is 3.88. The van der Waals surface area contributed by atoms with Crippen LogP contribution in [0.15, 0.2) is 30.7 Å². The first-order chi connectivity index (χ1) is 12.9. The number of hydrogen-bond acceptors (Lipinski definition) is 6. The highest BCUT2D eigenvalue weighted by Crippen LogP contribution is 2.34. The van der Waals surface area contributed by atoms with Crippen LogP contribution in [0.3, 0.4) is 0 Å². The lowest BCUT2D eigenvalue weighted by molar-refractivity contribution is -0.237. The van der Waals surface area contributed by atoms with Crippen molar-refractivity contribution in [2.24, 2.45) is 0 Å². The van der Waals surface area contributed by atoms with Crippen LogP contribution in [-0.4, -0.2) is 43.5 Å². The van der Waals surface area contributed by atoms with Crippen LogP contribution in [0.25, 0.3) is 16.9 Å². The first kappa shape index (κ1) is 19.9. The Morgan fingerprint density at radius 2 is 1.68 bits per heavy atom. The smallest absolute Gasteiger partial charge is 0.427 e. The van der Waals surface area contributed by atoms with Crippen molar-refractivity contribution >= 4 is 5.65 Å². The van der Waals surface area contributed by atoms with Crippen molar-refractivity contribution in [1.29, 1.82) is 0 Å². The van der Waals surface area contributed by atoms with Gasteiger partial charge in [-0.25, -0.2) is 4.98 Å². The third-order valence-corrected chi connectivity index (χ3v) is 3.88. The van der Waals surface area contributed by atoms with Gasteiger partial charge in [0, 0.05) is 31.1 Å². The van der Waals surface area contributed by atoms with E-state index in [1.165, 1.54) is 30.7 Å². The van der Waals surface area contributed by atoms with Gasteiger partial charge in [0.15, 0.2) is 11.2 Å². The molecule has 0 radical (unpaired) electrons. The first-order valence-corrected chi connectivity index (χ1v) is 7.81. The number of fused-ring (bicyclic) bond motifs is 1. The fourth-order valence-corrected chi connectivity index (χ4v) is 2.15. The second-order valence-electron chi connectivity index (χ2n) is 6.24. The molecule has 3 aromatic heterocycles. The Balaban J connectivity index is 1.92. The summed E-state index contributed by atoms with van der Waals surface area (Å²) in [4.78, 5) is 7.91. The Morgan fingerprint density at radius 1 is 0.964 bits per heavy atom. The van der Waals surface area contributed by atoms with Gasteiger partial charge in [0.1, 0.15) is 0 Å². The van der Waals surface area contributed by atoms with E-state index in [-0.39, 0.29) is 17.2 Å². The van der Waals surface area contributed by atoms with Gasteiger partial charge in [-0.2, -0.15) is 22.0 Å². The molecule has 0 bridgehead atoms. The number of hydrogen-bond donors (Lipinski definition) is 0. The highest BCUT2D eigenvalue weighted by atomic mass is 19.4. The zero-order valence-corrected chi connectivity index (χ0v) is 14.8. The summed E-state index contributed by atoms with van der Waals surface area (Å²) in [5.74, 6) is -0.989. The maximum Gasteiger partial charge on any atom is 0.427 e. The highest BCUT2D eigenvalue weighted by Gasteiger charge is 2.50. The van der Waals surface area contributed by atoms with Crippen LogP contribution in [0.2, 0.25) is 0 Å². The van der Waals surface area contributed by atoms with E-state index in [1.807, 2.05) is 0 Å². The van der Waals surface area contributed by atoms with Gasteiger partial charge in [-0.15, -0.1) is 10.2 Å². The molecule has 0 saturated heterocycles. The Labute approximate surface area is 155 Å². The molecule has 0 unspecified atom stereocenters. The number of ether oxygens (including phenoxy) is 2. The minimum absolute atomic E-state index is 0.0651. The van der Waals surface area contributed by atoms with E-state index in [0.29, 0.717) is 5.56 Å². The maximum atomic E-state index is 13.8. The zero-order valence-electron chi connectivity index (χ0n) is 14.8. The molecule has 7 nitrogen and oxygen atoms in total. The standard InChI is InChI=1S/C16H14F5N5O2/c1-14(2,16(19,20)21)28-12-5-4-9(6-23-12)10-8-26-11(7-22-10)24-25-13(26)15(17,18)27-3/h4-8H,1-3H3. The summed E-state index contributed by atoms with van der Waals surface area (Å²) >= 11 is 0. The van der Waals surface area contributed by atoms with Crippen molar-refractivity contribution in [2.75, 3.05) is 7.11 Å². The lowest BCUT2D eigenvalue weighted by Gasteiger charge is -2.28. The van der Waals surface area contributed by atoms with Gasteiger partial charge in [0.25, 0.3) is 0 Å². The molecule has 0 amide bonds. The number of methoxy groups -OCH3 is 1. The minimum atomic E-state index is -4.59. The number of alkyl halides is 5. The van der Waals surface area contributed by atoms with E-state index in [2.05, 4.69) is 24.9 Å². The fraction of sp³-hybridized carbons (Fsp3) is 0.375. The van der Waals surface area contributed by atoms with Gasteiger partial charge >= 0.3 is 12.3 Å². The average Bonchev–Trinajstić information content (AvgIpc) is 3.05. The molecule has 0 N–H and O–H groups in total.